The van der Waals surface area contributed by atoms with Crippen LogP contribution in [0.15, 0.2) is 0 Å². The summed E-state index contributed by atoms with van der Waals surface area (Å²) >= 11 is 0. The van der Waals surface area contributed by atoms with Crippen LogP contribution in [0.5, 0.6) is 0 Å². The Morgan fingerprint density at radius 3 is 2.67 bits per heavy atom. The highest BCUT2D eigenvalue weighted by Gasteiger charge is 2.54. The van der Waals surface area contributed by atoms with E-state index in [0.717, 1.165) is 19.3 Å². The standard InChI is InChI=1S/C12H20O3/c1-11(5-3-6-12(11,2)14)9-8-15-7-4-10(9)13/h9,14H,3-8H2,1-2H3. The summed E-state index contributed by atoms with van der Waals surface area (Å²) in [6.45, 7) is 4.94. The van der Waals surface area contributed by atoms with Gasteiger partial charge in [-0.25, -0.2) is 0 Å². The number of ketones is 1. The van der Waals surface area contributed by atoms with Gasteiger partial charge in [0.05, 0.1) is 18.8 Å². The molecule has 1 N–H and O–H groups in total. The smallest absolute Gasteiger partial charge is 0.141 e. The van der Waals surface area contributed by atoms with Crippen molar-refractivity contribution < 1.29 is 14.6 Å². The van der Waals surface area contributed by atoms with Gasteiger partial charge >= 0.3 is 0 Å². The van der Waals surface area contributed by atoms with Crippen molar-refractivity contribution in [2.45, 2.75) is 45.1 Å². The van der Waals surface area contributed by atoms with E-state index in [1.807, 2.05) is 13.8 Å². The van der Waals surface area contributed by atoms with Gasteiger partial charge in [-0.2, -0.15) is 0 Å². The van der Waals surface area contributed by atoms with Gasteiger partial charge in [0.25, 0.3) is 0 Å². The van der Waals surface area contributed by atoms with Crippen molar-refractivity contribution in [3.63, 3.8) is 0 Å². The SMILES string of the molecule is CC1(O)CCCC1(C)C1COCCC1=O. The Morgan fingerprint density at radius 2 is 2.13 bits per heavy atom. The zero-order chi connectivity index (χ0) is 11.1. The van der Waals surface area contributed by atoms with Gasteiger partial charge < -0.3 is 9.84 Å². The van der Waals surface area contributed by atoms with E-state index < -0.39 is 5.60 Å². The van der Waals surface area contributed by atoms with Gasteiger partial charge in [0, 0.05) is 17.8 Å². The highest BCUT2D eigenvalue weighted by molar-refractivity contribution is 5.82. The van der Waals surface area contributed by atoms with E-state index >= 15 is 0 Å². The van der Waals surface area contributed by atoms with E-state index in [1.54, 1.807) is 0 Å². The minimum Gasteiger partial charge on any atom is -0.390 e. The fraction of sp³-hybridized carbons (Fsp3) is 0.917. The lowest BCUT2D eigenvalue weighted by Crippen LogP contribution is -2.50. The Labute approximate surface area is 90.8 Å². The highest BCUT2D eigenvalue weighted by atomic mass is 16.5. The molecule has 1 saturated heterocycles. The monoisotopic (exact) mass is 212 g/mol. The largest absolute Gasteiger partial charge is 0.390 e. The molecule has 3 unspecified atom stereocenters. The predicted molar refractivity (Wildman–Crippen MR) is 56.5 cm³/mol. The van der Waals surface area contributed by atoms with E-state index in [1.165, 1.54) is 0 Å². The Bertz CT molecular complexity index is 272. The fourth-order valence-electron chi connectivity index (χ4n) is 3.08. The average molecular weight is 212 g/mol. The second-order valence-electron chi connectivity index (χ2n) is 5.39. The number of ether oxygens (including phenoxy) is 1. The van der Waals surface area contributed by atoms with Crippen molar-refractivity contribution in [1.29, 1.82) is 0 Å². The lowest BCUT2D eigenvalue weighted by Gasteiger charge is -2.43. The number of rotatable bonds is 1. The molecule has 2 fully saturated rings. The molecule has 15 heavy (non-hydrogen) atoms. The van der Waals surface area contributed by atoms with Crippen LogP contribution < -0.4 is 0 Å². The van der Waals surface area contributed by atoms with Crippen LogP contribution >= 0.6 is 0 Å². The molecule has 3 heteroatoms. The van der Waals surface area contributed by atoms with Crippen LogP contribution in [0.25, 0.3) is 0 Å². The van der Waals surface area contributed by atoms with Gasteiger partial charge in [-0.3, -0.25) is 4.79 Å². The summed E-state index contributed by atoms with van der Waals surface area (Å²) in [7, 11) is 0. The molecular formula is C12H20O3. The molecule has 0 bridgehead atoms. The predicted octanol–water partition coefficient (Wildman–Crippen LogP) is 1.53. The molecular weight excluding hydrogens is 192 g/mol. The van der Waals surface area contributed by atoms with Crippen LogP contribution in [0.4, 0.5) is 0 Å². The van der Waals surface area contributed by atoms with Crippen LogP contribution in [-0.4, -0.2) is 29.7 Å². The third kappa shape index (κ3) is 1.62. The van der Waals surface area contributed by atoms with Crippen molar-refractivity contribution in [1.82, 2.24) is 0 Å². The molecule has 2 rings (SSSR count). The molecule has 86 valence electrons. The summed E-state index contributed by atoms with van der Waals surface area (Å²) in [5, 5.41) is 10.4. The third-order valence-electron chi connectivity index (χ3n) is 4.53. The number of carbonyl (C=O) groups is 1. The zero-order valence-corrected chi connectivity index (χ0v) is 9.58. The second kappa shape index (κ2) is 3.56. The second-order valence-corrected chi connectivity index (χ2v) is 5.39. The molecule has 0 amide bonds. The summed E-state index contributed by atoms with van der Waals surface area (Å²) in [4.78, 5) is 11.9. The first-order valence-electron chi connectivity index (χ1n) is 5.80. The molecule has 0 aromatic rings. The molecule has 1 heterocycles. The van der Waals surface area contributed by atoms with Crippen LogP contribution in [0.3, 0.4) is 0 Å². The molecule has 3 atom stereocenters. The maximum Gasteiger partial charge on any atom is 0.141 e. The van der Waals surface area contributed by atoms with Crippen LogP contribution in [0.1, 0.15) is 39.5 Å². The van der Waals surface area contributed by atoms with Crippen molar-refractivity contribution in [3.05, 3.63) is 0 Å². The molecule has 0 spiro atoms. The first-order valence-corrected chi connectivity index (χ1v) is 5.80. The maximum absolute atomic E-state index is 11.9. The number of aliphatic hydroxyl groups is 1. The van der Waals surface area contributed by atoms with Crippen molar-refractivity contribution in [2.75, 3.05) is 13.2 Å². The zero-order valence-electron chi connectivity index (χ0n) is 9.58. The van der Waals surface area contributed by atoms with Crippen LogP contribution in [0, 0.1) is 11.3 Å². The molecule has 2 aliphatic rings. The van der Waals surface area contributed by atoms with E-state index in [-0.39, 0.29) is 17.1 Å². The topological polar surface area (TPSA) is 46.5 Å². The number of hydrogen-bond acceptors (Lipinski definition) is 3. The van der Waals surface area contributed by atoms with Gasteiger partial charge in [-0.1, -0.05) is 6.92 Å². The van der Waals surface area contributed by atoms with Gasteiger partial charge in [0.1, 0.15) is 5.78 Å². The lowest BCUT2D eigenvalue weighted by atomic mass is 9.65. The molecule has 1 aliphatic carbocycles. The summed E-state index contributed by atoms with van der Waals surface area (Å²) in [6.07, 6.45) is 3.25. The van der Waals surface area contributed by atoms with Crippen molar-refractivity contribution in [3.8, 4) is 0 Å². The van der Waals surface area contributed by atoms with Crippen molar-refractivity contribution >= 4 is 5.78 Å². The minimum absolute atomic E-state index is 0.108. The maximum atomic E-state index is 11.9. The van der Waals surface area contributed by atoms with Gasteiger partial charge in [0.15, 0.2) is 0 Å². The van der Waals surface area contributed by atoms with E-state index in [4.69, 9.17) is 4.74 Å². The Hall–Kier alpha value is -0.410. The third-order valence-corrected chi connectivity index (χ3v) is 4.53. The van der Waals surface area contributed by atoms with E-state index in [0.29, 0.717) is 19.6 Å². The van der Waals surface area contributed by atoms with Gasteiger partial charge in [-0.05, 0) is 26.2 Å². The Morgan fingerprint density at radius 1 is 1.40 bits per heavy atom. The summed E-state index contributed by atoms with van der Waals surface area (Å²) in [6, 6.07) is 0. The molecule has 3 nitrogen and oxygen atoms in total. The fourth-order valence-corrected chi connectivity index (χ4v) is 3.08. The lowest BCUT2D eigenvalue weighted by molar-refractivity contribution is -0.149. The van der Waals surface area contributed by atoms with Crippen LogP contribution in [0.2, 0.25) is 0 Å². The molecule has 0 radical (unpaired) electrons. The van der Waals surface area contributed by atoms with E-state index in [9.17, 15) is 9.90 Å². The molecule has 1 aliphatic heterocycles. The molecule has 1 saturated carbocycles. The first kappa shape index (κ1) is 11.1. The normalized spacial score (nSPS) is 47.1. The van der Waals surface area contributed by atoms with Crippen molar-refractivity contribution in [2.24, 2.45) is 11.3 Å². The highest BCUT2D eigenvalue weighted by Crippen LogP contribution is 2.52. The van der Waals surface area contributed by atoms with Crippen LogP contribution in [-0.2, 0) is 9.53 Å². The quantitative estimate of drug-likeness (QED) is 0.717. The minimum atomic E-state index is -0.714. The molecule has 0 aromatic heterocycles. The Kier molecular flexibility index (Phi) is 2.63. The average Bonchev–Trinajstić information content (AvgIpc) is 2.43. The number of carbonyl (C=O) groups excluding carboxylic acids is 1. The number of Topliss-reactive ketones (excluding diaryl/α,β-unsaturated/α-hetero) is 1. The van der Waals surface area contributed by atoms with E-state index in [2.05, 4.69) is 0 Å². The van der Waals surface area contributed by atoms with Gasteiger partial charge in [0.2, 0.25) is 0 Å². The summed E-state index contributed by atoms with van der Waals surface area (Å²) in [5.74, 6) is 0.162. The number of hydrogen-bond donors (Lipinski definition) is 1. The Balaban J connectivity index is 2.24. The van der Waals surface area contributed by atoms with Gasteiger partial charge in [-0.15, -0.1) is 0 Å². The first-order chi connectivity index (χ1) is 6.97. The summed E-state index contributed by atoms with van der Waals surface area (Å²) in [5.41, 5.74) is -1.00. The molecule has 0 aromatic carbocycles. The summed E-state index contributed by atoms with van der Waals surface area (Å²) < 4.78 is 5.39.